The highest BCUT2D eigenvalue weighted by molar-refractivity contribution is 9.10. The fourth-order valence-electron chi connectivity index (χ4n) is 1.54. The zero-order chi connectivity index (χ0) is 11.1. The Morgan fingerprint density at radius 3 is 2.67 bits per heavy atom. The number of methoxy groups -OCH3 is 1. The summed E-state index contributed by atoms with van der Waals surface area (Å²) >= 11 is 3.46. The summed E-state index contributed by atoms with van der Waals surface area (Å²) in [5.74, 6) is 0. The van der Waals surface area contributed by atoms with Crippen LogP contribution in [0.2, 0.25) is 0 Å². The Kier molecular flexibility index (Phi) is 2.61. The number of rotatable bonds is 2. The average Bonchev–Trinajstić information content (AvgIpc) is 2.61. The van der Waals surface area contributed by atoms with Gasteiger partial charge in [-0.1, -0.05) is 15.9 Å². The van der Waals surface area contributed by atoms with Gasteiger partial charge in [-0.05, 0) is 38.1 Å². The molecule has 0 bridgehead atoms. The number of hydrogen-bond acceptors (Lipinski definition) is 1. The van der Waals surface area contributed by atoms with E-state index in [9.17, 15) is 0 Å². The lowest BCUT2D eigenvalue weighted by molar-refractivity contribution is 0.0161. The van der Waals surface area contributed by atoms with Crippen molar-refractivity contribution in [2.24, 2.45) is 0 Å². The molecule has 0 unspecified atom stereocenters. The first-order valence-electron chi connectivity index (χ1n) is 4.87. The van der Waals surface area contributed by atoms with Gasteiger partial charge in [-0.2, -0.15) is 0 Å². The molecule has 1 aromatic heterocycles. The van der Waals surface area contributed by atoms with E-state index in [1.807, 2.05) is 19.9 Å². The third-order valence-corrected chi connectivity index (χ3v) is 3.23. The molecule has 0 fully saturated rings. The van der Waals surface area contributed by atoms with Crippen LogP contribution in [0.5, 0.6) is 0 Å². The zero-order valence-electron chi connectivity index (χ0n) is 9.10. The van der Waals surface area contributed by atoms with Gasteiger partial charge >= 0.3 is 0 Å². The van der Waals surface area contributed by atoms with Gasteiger partial charge in [0.25, 0.3) is 0 Å². The summed E-state index contributed by atoms with van der Waals surface area (Å²) in [5, 5.41) is 1.20. The van der Waals surface area contributed by atoms with Gasteiger partial charge in [0.15, 0.2) is 0 Å². The quantitative estimate of drug-likeness (QED) is 0.880. The summed E-state index contributed by atoms with van der Waals surface area (Å²) in [7, 11) is 1.72. The molecule has 1 aromatic carbocycles. The number of ether oxygens (including phenoxy) is 1. The van der Waals surface area contributed by atoms with Crippen LogP contribution in [0.4, 0.5) is 0 Å². The molecule has 80 valence electrons. The molecule has 0 amide bonds. The number of aromatic amines is 1. The molecule has 2 aromatic rings. The summed E-state index contributed by atoms with van der Waals surface area (Å²) in [5.41, 5.74) is 1.96. The van der Waals surface area contributed by atoms with E-state index in [2.05, 4.69) is 39.1 Å². The molecule has 15 heavy (non-hydrogen) atoms. The molecule has 0 atom stereocenters. The molecule has 0 saturated heterocycles. The van der Waals surface area contributed by atoms with Gasteiger partial charge in [0.05, 0.1) is 0 Å². The standard InChI is InChI=1S/C12H14BrNO/c1-12(2,15-3)11-7-8-6-9(13)4-5-10(8)14-11/h4-7,14H,1-3H3. The summed E-state index contributed by atoms with van der Waals surface area (Å²) in [6, 6.07) is 8.32. The highest BCUT2D eigenvalue weighted by Crippen LogP contribution is 2.28. The molecule has 0 saturated carbocycles. The van der Waals surface area contributed by atoms with Crippen LogP contribution < -0.4 is 0 Å². The van der Waals surface area contributed by atoms with Crippen molar-refractivity contribution in [3.8, 4) is 0 Å². The second-order valence-corrected chi connectivity index (χ2v) is 5.04. The molecule has 0 radical (unpaired) electrons. The van der Waals surface area contributed by atoms with Crippen molar-refractivity contribution < 1.29 is 4.74 Å². The monoisotopic (exact) mass is 267 g/mol. The number of fused-ring (bicyclic) bond motifs is 1. The van der Waals surface area contributed by atoms with Gasteiger partial charge in [-0.15, -0.1) is 0 Å². The van der Waals surface area contributed by atoms with Crippen molar-refractivity contribution in [2.45, 2.75) is 19.4 Å². The van der Waals surface area contributed by atoms with E-state index in [0.29, 0.717) is 0 Å². The second-order valence-electron chi connectivity index (χ2n) is 4.13. The molecule has 0 aliphatic heterocycles. The van der Waals surface area contributed by atoms with E-state index in [1.54, 1.807) is 7.11 Å². The Morgan fingerprint density at radius 2 is 2.00 bits per heavy atom. The number of halogens is 1. The third-order valence-electron chi connectivity index (χ3n) is 2.74. The van der Waals surface area contributed by atoms with E-state index in [0.717, 1.165) is 15.7 Å². The van der Waals surface area contributed by atoms with E-state index < -0.39 is 0 Å². The maximum atomic E-state index is 5.44. The average molecular weight is 268 g/mol. The van der Waals surface area contributed by atoms with Gasteiger partial charge in [0.1, 0.15) is 5.60 Å². The first kappa shape index (κ1) is 10.7. The number of benzene rings is 1. The lowest BCUT2D eigenvalue weighted by Crippen LogP contribution is -2.19. The summed E-state index contributed by atoms with van der Waals surface area (Å²) < 4.78 is 6.53. The summed E-state index contributed by atoms with van der Waals surface area (Å²) in [4.78, 5) is 3.37. The minimum Gasteiger partial charge on any atom is -0.373 e. The normalized spacial score (nSPS) is 12.3. The van der Waals surface area contributed by atoms with Crippen molar-refractivity contribution in [2.75, 3.05) is 7.11 Å². The highest BCUT2D eigenvalue weighted by atomic mass is 79.9. The Morgan fingerprint density at radius 1 is 1.27 bits per heavy atom. The molecule has 0 aliphatic rings. The van der Waals surface area contributed by atoms with Crippen molar-refractivity contribution in [3.05, 3.63) is 34.4 Å². The molecule has 0 aliphatic carbocycles. The SMILES string of the molecule is COC(C)(C)c1cc2cc(Br)ccc2[nH]1. The highest BCUT2D eigenvalue weighted by Gasteiger charge is 2.21. The lowest BCUT2D eigenvalue weighted by Gasteiger charge is -2.21. The molecule has 2 rings (SSSR count). The fraction of sp³-hybridized carbons (Fsp3) is 0.333. The topological polar surface area (TPSA) is 25.0 Å². The van der Waals surface area contributed by atoms with Crippen molar-refractivity contribution in [1.82, 2.24) is 4.98 Å². The van der Waals surface area contributed by atoms with Crippen LogP contribution in [-0.4, -0.2) is 12.1 Å². The van der Waals surface area contributed by atoms with E-state index >= 15 is 0 Å². The number of hydrogen-bond donors (Lipinski definition) is 1. The number of H-pyrrole nitrogens is 1. The Hall–Kier alpha value is -0.800. The molecule has 0 spiro atoms. The van der Waals surface area contributed by atoms with Crippen LogP contribution in [0.25, 0.3) is 10.9 Å². The van der Waals surface area contributed by atoms with Crippen LogP contribution in [0.3, 0.4) is 0 Å². The van der Waals surface area contributed by atoms with Crippen LogP contribution in [0, 0.1) is 0 Å². The van der Waals surface area contributed by atoms with E-state index in [1.165, 1.54) is 5.39 Å². The predicted octanol–water partition coefficient (Wildman–Crippen LogP) is 3.81. The van der Waals surface area contributed by atoms with Gasteiger partial charge in [0, 0.05) is 28.2 Å². The molecule has 3 heteroatoms. The summed E-state index contributed by atoms with van der Waals surface area (Å²) in [6.07, 6.45) is 0. The van der Waals surface area contributed by atoms with Crippen LogP contribution >= 0.6 is 15.9 Å². The number of nitrogens with one attached hydrogen (secondary N) is 1. The van der Waals surface area contributed by atoms with E-state index in [4.69, 9.17) is 4.74 Å². The van der Waals surface area contributed by atoms with Crippen LogP contribution in [-0.2, 0) is 10.3 Å². The molecule has 2 nitrogen and oxygen atoms in total. The zero-order valence-corrected chi connectivity index (χ0v) is 10.7. The van der Waals surface area contributed by atoms with E-state index in [-0.39, 0.29) is 5.60 Å². The Labute approximate surface area is 97.8 Å². The molecule has 1 heterocycles. The minimum atomic E-state index is -0.272. The smallest absolute Gasteiger partial charge is 0.102 e. The molecular weight excluding hydrogens is 254 g/mol. The van der Waals surface area contributed by atoms with Crippen LogP contribution in [0.15, 0.2) is 28.7 Å². The first-order chi connectivity index (χ1) is 7.03. The minimum absolute atomic E-state index is 0.272. The number of aromatic nitrogens is 1. The van der Waals surface area contributed by atoms with Gasteiger partial charge in [0.2, 0.25) is 0 Å². The van der Waals surface area contributed by atoms with Crippen molar-refractivity contribution in [3.63, 3.8) is 0 Å². The Bertz CT molecular complexity index is 487. The molecule has 1 N–H and O–H groups in total. The lowest BCUT2D eigenvalue weighted by atomic mass is 10.1. The van der Waals surface area contributed by atoms with Gasteiger partial charge in [-0.3, -0.25) is 0 Å². The molecular formula is C12H14BrNO. The van der Waals surface area contributed by atoms with Crippen molar-refractivity contribution in [1.29, 1.82) is 0 Å². The maximum Gasteiger partial charge on any atom is 0.102 e. The third kappa shape index (κ3) is 1.94. The maximum absolute atomic E-state index is 5.44. The van der Waals surface area contributed by atoms with Gasteiger partial charge in [-0.25, -0.2) is 0 Å². The van der Waals surface area contributed by atoms with Gasteiger partial charge < -0.3 is 9.72 Å². The first-order valence-corrected chi connectivity index (χ1v) is 5.66. The largest absolute Gasteiger partial charge is 0.373 e. The summed E-state index contributed by atoms with van der Waals surface area (Å²) in [6.45, 7) is 4.10. The van der Waals surface area contributed by atoms with Crippen LogP contribution in [0.1, 0.15) is 19.5 Å². The van der Waals surface area contributed by atoms with Crippen molar-refractivity contribution >= 4 is 26.8 Å². The second kappa shape index (κ2) is 3.65. The predicted molar refractivity (Wildman–Crippen MR) is 66.0 cm³/mol. The fourth-order valence-corrected chi connectivity index (χ4v) is 1.92. The Balaban J connectivity index is 2.56.